The van der Waals surface area contributed by atoms with Gasteiger partial charge >= 0.3 is 0 Å². The quantitative estimate of drug-likeness (QED) is 0.579. The van der Waals surface area contributed by atoms with Gasteiger partial charge in [0.2, 0.25) is 5.78 Å². The highest BCUT2D eigenvalue weighted by Gasteiger charge is 2.12. The normalized spacial score (nSPS) is 11.0. The van der Waals surface area contributed by atoms with Crippen LogP contribution < -0.4 is 10.9 Å². The summed E-state index contributed by atoms with van der Waals surface area (Å²) in [6.07, 6.45) is 8.06. The van der Waals surface area contributed by atoms with E-state index in [0.717, 1.165) is 0 Å². The molecule has 0 spiro atoms. The Bertz CT molecular complexity index is 1060. The minimum Gasteiger partial charge on any atom is -0.317 e. The highest BCUT2D eigenvalue weighted by atomic mass is 16.2. The minimum atomic E-state index is -0.454. The number of nitrogens with one attached hydrogen (secondary N) is 2. The van der Waals surface area contributed by atoms with Crippen molar-refractivity contribution in [1.82, 2.24) is 24.3 Å². The van der Waals surface area contributed by atoms with Gasteiger partial charge in [-0.05, 0) is 23.6 Å². The van der Waals surface area contributed by atoms with Crippen molar-refractivity contribution in [1.29, 1.82) is 0 Å². The molecule has 0 bridgehead atoms. The summed E-state index contributed by atoms with van der Waals surface area (Å²) < 4.78 is 1.68. The lowest BCUT2D eigenvalue weighted by Crippen LogP contribution is -2.19. The molecule has 8 heteroatoms. The number of rotatable bonds is 2. The van der Waals surface area contributed by atoms with E-state index in [4.69, 9.17) is 0 Å². The van der Waals surface area contributed by atoms with Crippen molar-refractivity contribution in [3.8, 4) is 0 Å². The second kappa shape index (κ2) is 5.02. The van der Waals surface area contributed by atoms with Gasteiger partial charge in [0.15, 0.2) is 5.82 Å². The van der Waals surface area contributed by atoms with E-state index in [0.29, 0.717) is 22.4 Å². The summed E-state index contributed by atoms with van der Waals surface area (Å²) in [7, 11) is 0. The van der Waals surface area contributed by atoms with Crippen molar-refractivity contribution in [3.05, 3.63) is 65.2 Å². The Labute approximate surface area is 128 Å². The molecule has 0 aliphatic carbocycles. The van der Waals surface area contributed by atoms with Crippen molar-refractivity contribution < 1.29 is 4.79 Å². The van der Waals surface area contributed by atoms with Gasteiger partial charge in [-0.25, -0.2) is 4.98 Å². The molecule has 0 fully saturated rings. The molecule has 0 saturated carbocycles. The number of H-pyrrole nitrogens is 1. The van der Waals surface area contributed by atoms with E-state index < -0.39 is 5.91 Å². The Balaban J connectivity index is 1.70. The monoisotopic (exact) mass is 306 g/mol. The van der Waals surface area contributed by atoms with E-state index in [-0.39, 0.29) is 11.3 Å². The maximum Gasteiger partial charge on any atom is 0.273 e. The molecule has 23 heavy (non-hydrogen) atoms. The van der Waals surface area contributed by atoms with Crippen molar-refractivity contribution >= 4 is 28.3 Å². The Morgan fingerprint density at radius 3 is 3.09 bits per heavy atom. The van der Waals surface area contributed by atoms with Crippen LogP contribution in [0.15, 0.2) is 54.0 Å². The zero-order chi connectivity index (χ0) is 15.8. The van der Waals surface area contributed by atoms with Crippen LogP contribution in [-0.2, 0) is 0 Å². The van der Waals surface area contributed by atoms with Gasteiger partial charge in [0.05, 0.1) is 11.6 Å². The van der Waals surface area contributed by atoms with Gasteiger partial charge in [-0.1, -0.05) is 0 Å². The number of hydrogen-bond donors (Lipinski definition) is 2. The van der Waals surface area contributed by atoms with Crippen molar-refractivity contribution in [3.63, 3.8) is 0 Å². The van der Waals surface area contributed by atoms with Gasteiger partial charge in [0.1, 0.15) is 5.69 Å². The van der Waals surface area contributed by atoms with E-state index in [1.807, 2.05) is 0 Å². The molecule has 0 unspecified atom stereocenters. The molecular formula is C15H10N6O2. The Kier molecular flexibility index (Phi) is 2.87. The van der Waals surface area contributed by atoms with E-state index in [1.54, 1.807) is 47.4 Å². The van der Waals surface area contributed by atoms with E-state index in [1.165, 1.54) is 6.20 Å². The fourth-order valence-corrected chi connectivity index (χ4v) is 2.30. The number of aromatic amines is 1. The average molecular weight is 306 g/mol. The summed E-state index contributed by atoms with van der Waals surface area (Å²) >= 11 is 0. The van der Waals surface area contributed by atoms with Crippen LogP contribution in [0.3, 0.4) is 0 Å². The summed E-state index contributed by atoms with van der Waals surface area (Å²) in [4.78, 5) is 39.0. The number of carbonyl (C=O) groups is 1. The fraction of sp³-hybridized carbons (Fsp3) is 0. The lowest BCUT2D eigenvalue weighted by Gasteiger charge is -2.03. The molecule has 2 N–H and O–H groups in total. The number of anilines is 1. The number of amides is 1. The third kappa shape index (κ3) is 2.31. The summed E-state index contributed by atoms with van der Waals surface area (Å²) in [6, 6.07) is 5.03. The van der Waals surface area contributed by atoms with Crippen LogP contribution in [0, 0.1) is 0 Å². The molecule has 8 nitrogen and oxygen atoms in total. The van der Waals surface area contributed by atoms with E-state index in [2.05, 4.69) is 25.3 Å². The Morgan fingerprint density at radius 2 is 2.22 bits per heavy atom. The predicted molar refractivity (Wildman–Crippen MR) is 83.3 cm³/mol. The van der Waals surface area contributed by atoms with Gasteiger partial charge in [-0.15, -0.1) is 0 Å². The van der Waals surface area contributed by atoms with Gasteiger partial charge in [0, 0.05) is 24.8 Å². The molecule has 0 radical (unpaired) electrons. The number of carbonyl (C=O) groups excluding carboxylic acids is 1. The number of fused-ring (bicyclic) bond motifs is 2. The van der Waals surface area contributed by atoms with E-state index in [9.17, 15) is 9.59 Å². The minimum absolute atomic E-state index is 0.152. The van der Waals surface area contributed by atoms with Crippen LogP contribution in [-0.4, -0.2) is 30.2 Å². The van der Waals surface area contributed by atoms with Gasteiger partial charge in [-0.2, -0.15) is 4.98 Å². The third-order valence-corrected chi connectivity index (χ3v) is 3.37. The van der Waals surface area contributed by atoms with Crippen molar-refractivity contribution in [2.45, 2.75) is 0 Å². The first-order valence-corrected chi connectivity index (χ1v) is 6.79. The second-order valence-corrected chi connectivity index (χ2v) is 4.88. The first-order chi connectivity index (χ1) is 11.2. The summed E-state index contributed by atoms with van der Waals surface area (Å²) in [5.41, 5.74) is -0.212. The summed E-state index contributed by atoms with van der Waals surface area (Å²) in [5.74, 6) is 0.370. The van der Waals surface area contributed by atoms with Crippen LogP contribution in [0.25, 0.3) is 16.6 Å². The molecule has 0 atom stereocenters. The van der Waals surface area contributed by atoms with Crippen molar-refractivity contribution in [2.24, 2.45) is 0 Å². The highest BCUT2D eigenvalue weighted by molar-refractivity contribution is 6.04. The smallest absolute Gasteiger partial charge is 0.273 e. The Morgan fingerprint density at radius 1 is 1.30 bits per heavy atom. The topological polar surface area (TPSA) is 105 Å². The Hall–Kier alpha value is -3.55. The number of nitrogens with zero attached hydrogens (tertiary/aromatic N) is 4. The molecule has 0 aromatic carbocycles. The first kappa shape index (κ1) is 13.1. The number of hydrogen-bond acceptors (Lipinski definition) is 5. The fourth-order valence-electron chi connectivity index (χ4n) is 2.30. The van der Waals surface area contributed by atoms with Crippen molar-refractivity contribution in [2.75, 3.05) is 5.32 Å². The molecule has 4 aromatic rings. The summed E-state index contributed by atoms with van der Waals surface area (Å²) in [5, 5.41) is 3.72. The van der Waals surface area contributed by atoms with Crippen LogP contribution in [0.1, 0.15) is 10.5 Å². The number of pyridine rings is 2. The maximum atomic E-state index is 12.3. The average Bonchev–Trinajstić information content (AvgIpc) is 2.97. The number of imidazole rings is 1. The van der Waals surface area contributed by atoms with Gasteiger partial charge in [-0.3, -0.25) is 19.0 Å². The lowest BCUT2D eigenvalue weighted by atomic mass is 10.2. The molecule has 0 aliphatic heterocycles. The first-order valence-electron chi connectivity index (χ1n) is 6.79. The molecule has 4 aromatic heterocycles. The summed E-state index contributed by atoms with van der Waals surface area (Å²) in [6.45, 7) is 0. The van der Waals surface area contributed by atoms with Crippen LogP contribution in [0.5, 0.6) is 0 Å². The van der Waals surface area contributed by atoms with Gasteiger partial charge < -0.3 is 10.3 Å². The van der Waals surface area contributed by atoms with Crippen LogP contribution in [0.2, 0.25) is 0 Å². The highest BCUT2D eigenvalue weighted by Crippen LogP contribution is 2.11. The molecular weight excluding hydrogens is 296 g/mol. The zero-order valence-corrected chi connectivity index (χ0v) is 11.7. The molecule has 4 rings (SSSR count). The van der Waals surface area contributed by atoms with Gasteiger partial charge in [0.25, 0.3) is 11.5 Å². The third-order valence-electron chi connectivity index (χ3n) is 3.37. The zero-order valence-electron chi connectivity index (χ0n) is 11.7. The molecule has 4 heterocycles. The van der Waals surface area contributed by atoms with E-state index >= 15 is 0 Å². The molecule has 1 amide bonds. The maximum absolute atomic E-state index is 12.3. The predicted octanol–water partition coefficient (Wildman–Crippen LogP) is 1.22. The largest absolute Gasteiger partial charge is 0.317 e. The SMILES string of the molecule is O=C(Nc1cn2cccnc2n1)c1cc2ccncc2c(=O)[nH]1. The molecule has 0 saturated heterocycles. The van der Waals surface area contributed by atoms with Crippen LogP contribution in [0.4, 0.5) is 5.82 Å². The van der Waals surface area contributed by atoms with Crippen LogP contribution >= 0.6 is 0 Å². The standard InChI is InChI=1S/C15H10N6O2/c22-13-10-7-16-4-2-9(10)6-11(18-13)14(23)19-12-8-21-5-1-3-17-15(21)20-12/h1-8H,(H,18,22)(H,19,23). The second-order valence-electron chi connectivity index (χ2n) is 4.88. The number of aromatic nitrogens is 5. The molecule has 112 valence electrons. The molecule has 0 aliphatic rings. The lowest BCUT2D eigenvalue weighted by molar-refractivity contribution is 0.102.